The summed E-state index contributed by atoms with van der Waals surface area (Å²) >= 11 is 0. The summed E-state index contributed by atoms with van der Waals surface area (Å²) in [6.45, 7) is 14.2. The van der Waals surface area contributed by atoms with Crippen LogP contribution >= 0.6 is 0 Å². The quantitative estimate of drug-likeness (QED) is 0.312. The molecule has 1 atom stereocenters. The minimum absolute atomic E-state index is 0.0753. The number of carbonyl (C=O) groups is 1. The fourth-order valence-corrected chi connectivity index (χ4v) is 5.35. The number of hydrogen-bond donors (Lipinski definition) is 0. The van der Waals surface area contributed by atoms with Crippen molar-refractivity contribution in [3.05, 3.63) is 65.3 Å². The van der Waals surface area contributed by atoms with Crippen molar-refractivity contribution in [1.29, 1.82) is 0 Å². The molecule has 10 nitrogen and oxygen atoms in total. The molecule has 1 saturated heterocycles. The molecule has 1 fully saturated rings. The van der Waals surface area contributed by atoms with Gasteiger partial charge in [-0.25, -0.2) is 14.4 Å². The molecule has 6 rings (SSSR count). The van der Waals surface area contributed by atoms with E-state index in [2.05, 4.69) is 5.16 Å². The van der Waals surface area contributed by atoms with E-state index in [1.54, 1.807) is 39.9 Å². The van der Waals surface area contributed by atoms with Gasteiger partial charge < -0.3 is 14.0 Å². The molecule has 0 N–H and O–H groups in total. The summed E-state index contributed by atoms with van der Waals surface area (Å²) in [5, 5.41) is 8.79. The van der Waals surface area contributed by atoms with Crippen LogP contribution < -0.4 is 4.90 Å². The van der Waals surface area contributed by atoms with Gasteiger partial charge in [0.1, 0.15) is 35.4 Å². The Hall–Kier alpha value is -3.96. The molecular weight excluding hydrogens is 527 g/mol. The Balaban J connectivity index is 0.00000165. The number of nitrogens with zero attached hydrogens (tertiary/aromatic N) is 6. The highest BCUT2D eigenvalue weighted by atomic mass is 19.1. The molecule has 1 aromatic carbocycles. The van der Waals surface area contributed by atoms with Gasteiger partial charge in [-0.05, 0) is 46.8 Å². The van der Waals surface area contributed by atoms with Crippen molar-refractivity contribution in [2.75, 3.05) is 18.1 Å². The number of amides is 1. The number of halogens is 1. The van der Waals surface area contributed by atoms with Gasteiger partial charge in [0.15, 0.2) is 11.6 Å². The van der Waals surface area contributed by atoms with Crippen molar-refractivity contribution in [1.82, 2.24) is 24.9 Å². The summed E-state index contributed by atoms with van der Waals surface area (Å²) in [7, 11) is 0. The Morgan fingerprint density at radius 3 is 2.49 bits per heavy atom. The Morgan fingerprint density at radius 1 is 1.07 bits per heavy atom. The highest BCUT2D eigenvalue weighted by Gasteiger charge is 2.48. The smallest absolute Gasteiger partial charge is 0.238 e. The summed E-state index contributed by atoms with van der Waals surface area (Å²) in [6, 6.07) is 10.0. The predicted octanol–water partition coefficient (Wildman–Crippen LogP) is 5.29. The van der Waals surface area contributed by atoms with Gasteiger partial charge in [0.25, 0.3) is 0 Å². The first-order chi connectivity index (χ1) is 19.5. The number of rotatable bonds is 6. The van der Waals surface area contributed by atoms with Crippen molar-refractivity contribution >= 4 is 11.7 Å². The van der Waals surface area contributed by atoms with Gasteiger partial charge in [-0.15, -0.1) is 0 Å². The Labute approximate surface area is 238 Å². The summed E-state index contributed by atoms with van der Waals surface area (Å²) in [5.74, 6) is -0.229. The van der Waals surface area contributed by atoms with Crippen LogP contribution in [0.15, 0.2) is 47.2 Å². The number of anilines is 1. The molecule has 0 bridgehead atoms. The molecule has 4 aromatic rings. The van der Waals surface area contributed by atoms with E-state index in [4.69, 9.17) is 29.1 Å². The third-order valence-corrected chi connectivity index (χ3v) is 7.17. The fourth-order valence-electron chi connectivity index (χ4n) is 5.35. The molecule has 0 aliphatic carbocycles. The largest absolute Gasteiger partial charge is 0.364 e. The minimum atomic E-state index is -0.803. The first-order valence-electron chi connectivity index (χ1n) is 13.8. The van der Waals surface area contributed by atoms with Gasteiger partial charge in [-0.1, -0.05) is 37.2 Å². The zero-order valence-corrected chi connectivity index (χ0v) is 24.4. The van der Waals surface area contributed by atoms with Crippen molar-refractivity contribution in [2.24, 2.45) is 0 Å². The lowest BCUT2D eigenvalue weighted by molar-refractivity contribution is -0.138. The van der Waals surface area contributed by atoms with Crippen molar-refractivity contribution in [3.63, 3.8) is 0 Å². The molecule has 1 amide bonds. The van der Waals surface area contributed by atoms with E-state index >= 15 is 0 Å². The molecule has 216 valence electrons. The van der Waals surface area contributed by atoms with E-state index in [1.807, 2.05) is 48.5 Å². The lowest BCUT2D eigenvalue weighted by atomic mass is 9.86. The zero-order chi connectivity index (χ0) is 29.5. The highest BCUT2D eigenvalue weighted by Crippen LogP contribution is 2.43. The summed E-state index contributed by atoms with van der Waals surface area (Å²) in [6.07, 6.45) is 1.18. The van der Waals surface area contributed by atoms with Crippen LogP contribution in [0.3, 0.4) is 0 Å². The van der Waals surface area contributed by atoms with Gasteiger partial charge in [0.05, 0.1) is 30.8 Å². The van der Waals surface area contributed by atoms with Crippen LogP contribution in [-0.2, 0) is 26.2 Å². The number of aromatic nitrogens is 5. The SMILES string of the molecule is CC.Cc1nc(-c2cc(-c3ccon3)n(Cc3ccccc3F)n2)nc2c1C(C)(C)C(=O)N2CC1COC(C)(C)O1. The average molecular weight is 563 g/mol. The maximum absolute atomic E-state index is 14.5. The second-order valence-corrected chi connectivity index (χ2v) is 10.9. The predicted molar refractivity (Wildman–Crippen MR) is 151 cm³/mol. The normalized spacial score (nSPS) is 18.8. The molecule has 0 radical (unpaired) electrons. The van der Waals surface area contributed by atoms with Crippen molar-refractivity contribution in [3.8, 4) is 22.9 Å². The maximum atomic E-state index is 14.5. The summed E-state index contributed by atoms with van der Waals surface area (Å²) in [5.41, 5.74) is 2.77. The standard InChI is InChI=1S/C28H29FN6O4.C2H6/c1-16-23-25(34(26(36)27(23,2)3)14-18-15-37-28(4,5)39-18)31-24(30-16)21-12-22(20-10-11-38-33-20)35(32-21)13-17-8-6-7-9-19(17)29;1-2/h6-12,18H,13-15H2,1-5H3;1-2H3. The van der Waals surface area contributed by atoms with E-state index in [1.165, 1.54) is 12.3 Å². The van der Waals surface area contributed by atoms with E-state index in [0.717, 1.165) is 5.56 Å². The monoisotopic (exact) mass is 562 g/mol. The fraction of sp³-hybridized carbons (Fsp3) is 0.433. The Morgan fingerprint density at radius 2 is 1.83 bits per heavy atom. The van der Waals surface area contributed by atoms with Crippen molar-refractivity contribution < 1.29 is 23.2 Å². The van der Waals surface area contributed by atoms with Gasteiger partial charge >= 0.3 is 0 Å². The van der Waals surface area contributed by atoms with Crippen LogP contribution in [-0.4, -0.2) is 55.9 Å². The molecule has 11 heteroatoms. The first-order valence-corrected chi connectivity index (χ1v) is 13.8. The number of ether oxygens (including phenoxy) is 2. The molecule has 5 heterocycles. The van der Waals surface area contributed by atoms with Crippen LogP contribution in [0.25, 0.3) is 22.9 Å². The Bertz CT molecular complexity index is 1560. The van der Waals surface area contributed by atoms with Crippen LogP contribution in [0.5, 0.6) is 0 Å². The van der Waals surface area contributed by atoms with E-state index < -0.39 is 11.2 Å². The molecule has 0 saturated carbocycles. The second kappa shape index (κ2) is 10.8. The number of fused-ring (bicyclic) bond motifs is 1. The van der Waals surface area contributed by atoms with Gasteiger partial charge in [-0.3, -0.25) is 14.4 Å². The van der Waals surface area contributed by atoms with Crippen LogP contribution in [0.4, 0.5) is 10.2 Å². The molecule has 0 spiro atoms. The number of aryl methyl sites for hydroxylation is 1. The van der Waals surface area contributed by atoms with Crippen LogP contribution in [0.1, 0.15) is 58.4 Å². The third-order valence-electron chi connectivity index (χ3n) is 7.17. The van der Waals surface area contributed by atoms with Gasteiger partial charge in [0.2, 0.25) is 5.91 Å². The van der Waals surface area contributed by atoms with Crippen LogP contribution in [0, 0.1) is 12.7 Å². The molecule has 41 heavy (non-hydrogen) atoms. The second-order valence-electron chi connectivity index (χ2n) is 10.9. The highest BCUT2D eigenvalue weighted by molar-refractivity contribution is 6.07. The lowest BCUT2D eigenvalue weighted by Crippen LogP contribution is -2.41. The van der Waals surface area contributed by atoms with Gasteiger partial charge in [0, 0.05) is 22.9 Å². The maximum Gasteiger partial charge on any atom is 0.238 e. The lowest BCUT2D eigenvalue weighted by Gasteiger charge is -2.23. The number of hydrogen-bond acceptors (Lipinski definition) is 8. The molecule has 3 aromatic heterocycles. The number of carbonyl (C=O) groups excluding carboxylic acids is 1. The molecular formula is C30H35FN6O4. The third kappa shape index (κ3) is 5.27. The van der Waals surface area contributed by atoms with E-state index in [9.17, 15) is 9.18 Å². The van der Waals surface area contributed by atoms with Crippen LogP contribution in [0.2, 0.25) is 0 Å². The van der Waals surface area contributed by atoms with Crippen molar-refractivity contribution in [2.45, 2.75) is 72.3 Å². The molecule has 2 aliphatic rings. The minimum Gasteiger partial charge on any atom is -0.364 e. The van der Waals surface area contributed by atoms with E-state index in [0.29, 0.717) is 53.1 Å². The number of benzene rings is 1. The average Bonchev–Trinajstić information content (AvgIpc) is 3.71. The van der Waals surface area contributed by atoms with Gasteiger partial charge in [-0.2, -0.15) is 5.10 Å². The molecule has 1 unspecified atom stereocenters. The first kappa shape index (κ1) is 28.6. The summed E-state index contributed by atoms with van der Waals surface area (Å²) in [4.78, 5) is 24.8. The Kier molecular flexibility index (Phi) is 7.52. The topological polar surface area (TPSA) is 108 Å². The molecule has 2 aliphatic heterocycles. The van der Waals surface area contributed by atoms with E-state index in [-0.39, 0.29) is 24.4 Å². The summed E-state index contributed by atoms with van der Waals surface area (Å²) < 4.78 is 32.9. The zero-order valence-electron chi connectivity index (χ0n) is 24.4.